The van der Waals surface area contributed by atoms with Gasteiger partial charge < -0.3 is 14.8 Å². The molecule has 8 heteroatoms. The summed E-state index contributed by atoms with van der Waals surface area (Å²) < 4.78 is 10.8. The second kappa shape index (κ2) is 9.70. The van der Waals surface area contributed by atoms with Crippen molar-refractivity contribution in [3.05, 3.63) is 59.1 Å². The Morgan fingerprint density at radius 1 is 1.00 bits per heavy atom. The summed E-state index contributed by atoms with van der Waals surface area (Å²) in [6.07, 6.45) is 2.18. The first-order chi connectivity index (χ1) is 13.7. The van der Waals surface area contributed by atoms with Crippen molar-refractivity contribution >= 4 is 28.2 Å². The Morgan fingerprint density at radius 2 is 1.71 bits per heavy atom. The highest BCUT2D eigenvalue weighted by atomic mass is 32.1. The molecule has 2 N–H and O–H groups in total. The van der Waals surface area contributed by atoms with Crippen LogP contribution >= 0.6 is 11.3 Å². The van der Waals surface area contributed by atoms with Gasteiger partial charge in [-0.1, -0.05) is 36.8 Å². The van der Waals surface area contributed by atoms with E-state index < -0.39 is 0 Å². The van der Waals surface area contributed by atoms with E-state index in [0.717, 1.165) is 24.3 Å². The number of nitrogens with one attached hydrogen (secondary N) is 2. The third-order valence-electron chi connectivity index (χ3n) is 3.86. The van der Waals surface area contributed by atoms with Crippen molar-refractivity contribution in [1.29, 1.82) is 0 Å². The van der Waals surface area contributed by atoms with Crippen LogP contribution in [0.5, 0.6) is 11.5 Å². The molecule has 0 fully saturated rings. The van der Waals surface area contributed by atoms with Gasteiger partial charge in [-0.05, 0) is 48.4 Å². The molecular formula is C20H22N4O3S. The van der Waals surface area contributed by atoms with Gasteiger partial charge in [0.15, 0.2) is 5.01 Å². The lowest BCUT2D eigenvalue weighted by Crippen LogP contribution is -2.19. The number of hydrogen-bond donors (Lipinski definition) is 2. The highest BCUT2D eigenvalue weighted by molar-refractivity contribution is 7.15. The number of carbonyl (C=O) groups excluding carboxylic acids is 1. The van der Waals surface area contributed by atoms with Crippen LogP contribution in [0.4, 0.5) is 15.6 Å². The molecule has 2 aromatic carbocycles. The lowest BCUT2D eigenvalue weighted by molar-refractivity contribution is 0.262. The molecule has 0 bridgehead atoms. The zero-order valence-electron chi connectivity index (χ0n) is 15.8. The average molecular weight is 398 g/mol. The minimum absolute atomic E-state index is 0.298. The van der Waals surface area contributed by atoms with E-state index >= 15 is 0 Å². The van der Waals surface area contributed by atoms with Gasteiger partial charge in [0.1, 0.15) is 18.1 Å². The molecule has 0 unspecified atom stereocenters. The topological polar surface area (TPSA) is 85.4 Å². The van der Waals surface area contributed by atoms with Crippen LogP contribution in [0.25, 0.3) is 0 Å². The molecule has 0 aliphatic carbocycles. The zero-order chi connectivity index (χ0) is 19.8. The van der Waals surface area contributed by atoms with E-state index in [2.05, 4.69) is 39.9 Å². The van der Waals surface area contributed by atoms with Crippen molar-refractivity contribution in [2.75, 3.05) is 17.7 Å². The molecule has 146 valence electrons. The van der Waals surface area contributed by atoms with Crippen LogP contribution in [-0.4, -0.2) is 23.3 Å². The maximum atomic E-state index is 12.1. The molecule has 0 radical (unpaired) electrons. The van der Waals surface area contributed by atoms with Crippen LogP contribution in [-0.2, 0) is 13.0 Å². The van der Waals surface area contributed by atoms with Gasteiger partial charge in [-0.25, -0.2) is 4.79 Å². The smallest absolute Gasteiger partial charge is 0.325 e. The molecule has 3 rings (SSSR count). The molecule has 0 atom stereocenters. The summed E-state index contributed by atoms with van der Waals surface area (Å²) in [6, 6.07) is 14.7. The fourth-order valence-electron chi connectivity index (χ4n) is 2.48. The number of rotatable bonds is 8. The number of hydrogen-bond acceptors (Lipinski definition) is 6. The van der Waals surface area contributed by atoms with E-state index in [4.69, 9.17) is 9.47 Å². The summed E-state index contributed by atoms with van der Waals surface area (Å²) in [5.41, 5.74) is 1.94. The largest absolute Gasteiger partial charge is 0.497 e. The molecule has 3 aromatic rings. The standard InChI is InChI=1S/C20H22N4O3S/c1-3-4-14-5-9-17(10-6-14)27-13-18-23-24-20(28-18)22-19(25)21-15-7-11-16(26-2)12-8-15/h5-12H,3-4,13H2,1-2H3,(H2,21,22,24,25). The summed E-state index contributed by atoms with van der Waals surface area (Å²) in [7, 11) is 1.59. The molecule has 2 amide bonds. The van der Waals surface area contributed by atoms with Crippen LogP contribution in [0.3, 0.4) is 0 Å². The highest BCUT2D eigenvalue weighted by Crippen LogP contribution is 2.20. The van der Waals surface area contributed by atoms with Crippen LogP contribution in [0.2, 0.25) is 0 Å². The Bertz CT molecular complexity index is 895. The van der Waals surface area contributed by atoms with Crippen LogP contribution in [0.1, 0.15) is 23.9 Å². The average Bonchev–Trinajstić information content (AvgIpc) is 3.15. The van der Waals surface area contributed by atoms with Crippen LogP contribution in [0.15, 0.2) is 48.5 Å². The van der Waals surface area contributed by atoms with Crippen molar-refractivity contribution < 1.29 is 14.3 Å². The third kappa shape index (κ3) is 5.68. The first-order valence-corrected chi connectivity index (χ1v) is 9.74. The van der Waals surface area contributed by atoms with Gasteiger partial charge in [0.25, 0.3) is 0 Å². The van der Waals surface area contributed by atoms with Crippen LogP contribution in [0, 0.1) is 0 Å². The van der Waals surface area contributed by atoms with E-state index in [1.165, 1.54) is 16.9 Å². The monoisotopic (exact) mass is 398 g/mol. The number of ether oxygens (including phenoxy) is 2. The normalized spacial score (nSPS) is 10.4. The Balaban J connectivity index is 1.48. The Morgan fingerprint density at radius 3 is 2.39 bits per heavy atom. The fourth-order valence-corrected chi connectivity index (χ4v) is 3.13. The van der Waals surface area contributed by atoms with Crippen molar-refractivity contribution in [3.8, 4) is 11.5 Å². The van der Waals surface area contributed by atoms with E-state index in [-0.39, 0.29) is 6.03 Å². The van der Waals surface area contributed by atoms with Gasteiger partial charge in [-0.15, -0.1) is 10.2 Å². The molecular weight excluding hydrogens is 376 g/mol. The predicted molar refractivity (Wildman–Crippen MR) is 110 cm³/mol. The summed E-state index contributed by atoms with van der Waals surface area (Å²) in [4.78, 5) is 12.1. The lowest BCUT2D eigenvalue weighted by Gasteiger charge is -2.06. The van der Waals surface area contributed by atoms with Crippen molar-refractivity contribution in [1.82, 2.24) is 10.2 Å². The van der Waals surface area contributed by atoms with Crippen molar-refractivity contribution in [2.45, 2.75) is 26.4 Å². The maximum absolute atomic E-state index is 12.1. The number of carbonyl (C=O) groups is 1. The number of anilines is 2. The summed E-state index contributed by atoms with van der Waals surface area (Å²) in [5, 5.41) is 14.5. The first-order valence-electron chi connectivity index (χ1n) is 8.92. The minimum atomic E-state index is -0.389. The lowest BCUT2D eigenvalue weighted by atomic mass is 10.1. The quantitative estimate of drug-likeness (QED) is 0.573. The van der Waals surface area contributed by atoms with Crippen molar-refractivity contribution in [2.24, 2.45) is 0 Å². The molecule has 0 aliphatic rings. The van der Waals surface area contributed by atoms with Crippen molar-refractivity contribution in [3.63, 3.8) is 0 Å². The Labute approximate surface area is 167 Å². The molecule has 1 aromatic heterocycles. The molecule has 0 aliphatic heterocycles. The van der Waals surface area contributed by atoms with Gasteiger partial charge in [-0.2, -0.15) is 0 Å². The van der Waals surface area contributed by atoms with Gasteiger partial charge in [-0.3, -0.25) is 5.32 Å². The van der Waals surface area contributed by atoms with E-state index in [1.807, 2.05) is 12.1 Å². The number of methoxy groups -OCH3 is 1. The van der Waals surface area contributed by atoms with E-state index in [0.29, 0.717) is 22.4 Å². The molecule has 0 saturated heterocycles. The van der Waals surface area contributed by atoms with Gasteiger partial charge in [0.05, 0.1) is 7.11 Å². The molecule has 7 nitrogen and oxygen atoms in total. The number of aryl methyl sites for hydroxylation is 1. The van der Waals surface area contributed by atoms with Crippen LogP contribution < -0.4 is 20.1 Å². The molecule has 0 saturated carbocycles. The maximum Gasteiger partial charge on any atom is 0.325 e. The fraction of sp³-hybridized carbons (Fsp3) is 0.250. The minimum Gasteiger partial charge on any atom is -0.497 e. The number of urea groups is 1. The summed E-state index contributed by atoms with van der Waals surface area (Å²) in [5.74, 6) is 1.50. The summed E-state index contributed by atoms with van der Waals surface area (Å²) in [6.45, 7) is 2.45. The van der Waals surface area contributed by atoms with Gasteiger partial charge in [0, 0.05) is 5.69 Å². The second-order valence-corrected chi connectivity index (χ2v) is 7.05. The molecule has 0 spiro atoms. The molecule has 28 heavy (non-hydrogen) atoms. The van der Waals surface area contributed by atoms with E-state index in [1.54, 1.807) is 31.4 Å². The third-order valence-corrected chi connectivity index (χ3v) is 4.67. The Kier molecular flexibility index (Phi) is 6.80. The second-order valence-electron chi connectivity index (χ2n) is 5.99. The number of amides is 2. The zero-order valence-corrected chi connectivity index (χ0v) is 16.6. The van der Waals surface area contributed by atoms with Gasteiger partial charge >= 0.3 is 6.03 Å². The van der Waals surface area contributed by atoms with E-state index in [9.17, 15) is 4.79 Å². The predicted octanol–water partition coefficient (Wildman–Crippen LogP) is 4.72. The number of nitrogens with zero attached hydrogens (tertiary/aromatic N) is 2. The SMILES string of the molecule is CCCc1ccc(OCc2nnc(NC(=O)Nc3ccc(OC)cc3)s2)cc1. The summed E-state index contributed by atoms with van der Waals surface area (Å²) >= 11 is 1.27. The van der Waals surface area contributed by atoms with Gasteiger partial charge in [0.2, 0.25) is 5.13 Å². The number of benzene rings is 2. The molecule has 1 heterocycles. The first kappa shape index (κ1) is 19.6. The Hall–Kier alpha value is -3.13. The number of aromatic nitrogens is 2. The highest BCUT2D eigenvalue weighted by Gasteiger charge is 2.09.